The molecule has 70 valence electrons. The maximum absolute atomic E-state index is 11.3. The van der Waals surface area contributed by atoms with Crippen LogP contribution in [-0.4, -0.2) is 40.6 Å². The molecule has 1 aliphatic heterocycles. The van der Waals surface area contributed by atoms with Gasteiger partial charge in [0.05, 0.1) is 0 Å². The Kier molecular flexibility index (Phi) is 3.77. The van der Waals surface area contributed by atoms with Crippen molar-refractivity contribution < 1.29 is 4.79 Å². The number of carbonyl (C=O) groups excluding carboxylic acids is 1. The Bertz CT molecular complexity index is 172. The van der Waals surface area contributed by atoms with E-state index < -0.39 is 0 Å². The van der Waals surface area contributed by atoms with Crippen molar-refractivity contribution in [2.45, 2.75) is 25.3 Å². The van der Waals surface area contributed by atoms with Crippen molar-refractivity contribution in [1.82, 2.24) is 8.01 Å². The molecule has 1 unspecified atom stereocenters. The number of nitrogens with zero attached hydrogens (tertiary/aromatic N) is 2. The zero-order valence-corrected chi connectivity index (χ0v) is 9.74. The number of halogens is 1. The van der Waals surface area contributed by atoms with E-state index in [2.05, 4.69) is 26.0 Å². The zero-order valence-electron chi connectivity index (χ0n) is 7.59. The highest BCUT2D eigenvalue weighted by molar-refractivity contribution is 14.1. The molecule has 0 aromatic carbocycles. The largest absolute Gasteiger partial charge is 0.349 e. The predicted molar refractivity (Wildman–Crippen MR) is 57.1 cm³/mol. The van der Waals surface area contributed by atoms with Gasteiger partial charge >= 0.3 is 0 Å². The second kappa shape index (κ2) is 4.41. The number of hydrogen-bond acceptors (Lipinski definition) is 2. The van der Waals surface area contributed by atoms with Crippen LogP contribution < -0.4 is 0 Å². The summed E-state index contributed by atoms with van der Waals surface area (Å²) in [6, 6.07) is 0.473. The summed E-state index contributed by atoms with van der Waals surface area (Å²) in [6.07, 6.45) is 3.08. The molecule has 3 nitrogen and oxygen atoms in total. The topological polar surface area (TPSA) is 23.6 Å². The number of hydrogen-bond donors (Lipinski definition) is 0. The van der Waals surface area contributed by atoms with Crippen LogP contribution >= 0.6 is 22.9 Å². The van der Waals surface area contributed by atoms with E-state index in [0.29, 0.717) is 12.5 Å². The van der Waals surface area contributed by atoms with Crippen molar-refractivity contribution in [3.63, 3.8) is 0 Å². The minimum absolute atomic E-state index is 0.239. The number of carbonyl (C=O) groups is 1. The van der Waals surface area contributed by atoms with Crippen molar-refractivity contribution in [3.05, 3.63) is 0 Å². The Balaban J connectivity index is 2.35. The Hall–Kier alpha value is 0.160. The third-order valence-electron chi connectivity index (χ3n) is 2.21. The maximum atomic E-state index is 11.3. The Morgan fingerprint density at radius 3 is 2.75 bits per heavy atom. The summed E-state index contributed by atoms with van der Waals surface area (Å²) in [7, 11) is 3.63. The van der Waals surface area contributed by atoms with E-state index in [-0.39, 0.29) is 5.91 Å². The molecule has 12 heavy (non-hydrogen) atoms. The molecule has 0 spiro atoms. The first-order valence-electron chi connectivity index (χ1n) is 4.24. The standard InChI is InChI=1S/C8H15IN2O/c1-10(2)8(12)6-7-4-3-5-11(7)9/h7H,3-6H2,1-2H3. The Morgan fingerprint density at radius 1 is 1.67 bits per heavy atom. The molecule has 0 radical (unpaired) electrons. The molecule has 0 bridgehead atoms. The first-order valence-corrected chi connectivity index (χ1v) is 5.20. The second-order valence-corrected chi connectivity index (χ2v) is 4.65. The predicted octanol–water partition coefficient (Wildman–Crippen LogP) is 1.28. The van der Waals surface area contributed by atoms with Crippen LogP contribution in [0.2, 0.25) is 0 Å². The molecular weight excluding hydrogens is 267 g/mol. The molecule has 0 aromatic rings. The van der Waals surface area contributed by atoms with Crippen molar-refractivity contribution in [1.29, 1.82) is 0 Å². The molecule has 4 heteroatoms. The minimum Gasteiger partial charge on any atom is -0.349 e. The third kappa shape index (κ3) is 2.58. The van der Waals surface area contributed by atoms with E-state index in [4.69, 9.17) is 0 Å². The fraction of sp³-hybridized carbons (Fsp3) is 0.875. The first kappa shape index (κ1) is 10.2. The van der Waals surface area contributed by atoms with Gasteiger partial charge in [0.2, 0.25) is 5.91 Å². The molecule has 1 rings (SSSR count). The smallest absolute Gasteiger partial charge is 0.223 e. The average Bonchev–Trinajstić information content (AvgIpc) is 2.36. The molecule has 0 aromatic heterocycles. The van der Waals surface area contributed by atoms with Gasteiger partial charge in [0.1, 0.15) is 0 Å². The summed E-state index contributed by atoms with van der Waals surface area (Å²) in [5.41, 5.74) is 0. The molecule has 0 N–H and O–H groups in total. The highest BCUT2D eigenvalue weighted by Crippen LogP contribution is 2.23. The van der Waals surface area contributed by atoms with Gasteiger partial charge in [0, 0.05) is 56.0 Å². The van der Waals surface area contributed by atoms with Gasteiger partial charge in [0.25, 0.3) is 0 Å². The van der Waals surface area contributed by atoms with Crippen molar-refractivity contribution in [2.24, 2.45) is 0 Å². The van der Waals surface area contributed by atoms with Crippen LogP contribution in [0, 0.1) is 0 Å². The summed E-state index contributed by atoms with van der Waals surface area (Å²) in [5, 5.41) is 0. The molecular formula is C8H15IN2O. The fourth-order valence-corrected chi connectivity index (χ4v) is 2.20. The van der Waals surface area contributed by atoms with E-state index in [1.54, 1.807) is 4.90 Å². The first-order chi connectivity index (χ1) is 5.61. The van der Waals surface area contributed by atoms with Crippen molar-refractivity contribution >= 4 is 28.8 Å². The highest BCUT2D eigenvalue weighted by Gasteiger charge is 2.24. The van der Waals surface area contributed by atoms with Gasteiger partial charge in [-0.05, 0) is 12.8 Å². The van der Waals surface area contributed by atoms with Crippen LogP contribution in [0.3, 0.4) is 0 Å². The Morgan fingerprint density at radius 2 is 2.33 bits per heavy atom. The summed E-state index contributed by atoms with van der Waals surface area (Å²) in [5.74, 6) is 0.239. The quantitative estimate of drug-likeness (QED) is 0.562. The molecule has 1 atom stereocenters. The number of amides is 1. The van der Waals surface area contributed by atoms with Gasteiger partial charge < -0.3 is 4.90 Å². The SMILES string of the molecule is CN(C)C(=O)CC1CCCN1I. The van der Waals surface area contributed by atoms with E-state index in [1.807, 2.05) is 14.1 Å². The van der Waals surface area contributed by atoms with E-state index >= 15 is 0 Å². The molecule has 1 saturated heterocycles. The molecule has 0 aliphatic carbocycles. The lowest BCUT2D eigenvalue weighted by molar-refractivity contribution is -0.129. The average molecular weight is 282 g/mol. The molecule has 1 amide bonds. The van der Waals surface area contributed by atoms with Crippen LogP contribution in [0.5, 0.6) is 0 Å². The molecule has 1 fully saturated rings. The molecule has 1 heterocycles. The Labute approximate surface area is 87.6 Å². The summed E-state index contributed by atoms with van der Waals surface area (Å²) in [6.45, 7) is 1.13. The molecule has 0 saturated carbocycles. The van der Waals surface area contributed by atoms with Gasteiger partial charge in [-0.25, -0.2) is 3.11 Å². The summed E-state index contributed by atoms with van der Waals surface area (Å²) >= 11 is 2.31. The van der Waals surface area contributed by atoms with Gasteiger partial charge in [0.15, 0.2) is 0 Å². The van der Waals surface area contributed by atoms with E-state index in [1.165, 1.54) is 12.8 Å². The van der Waals surface area contributed by atoms with Crippen molar-refractivity contribution in [3.8, 4) is 0 Å². The lowest BCUT2D eigenvalue weighted by Crippen LogP contribution is -2.29. The van der Waals surface area contributed by atoms with Crippen LogP contribution in [0.1, 0.15) is 19.3 Å². The fourth-order valence-electron chi connectivity index (χ4n) is 1.39. The summed E-state index contributed by atoms with van der Waals surface area (Å²) in [4.78, 5) is 13.0. The van der Waals surface area contributed by atoms with Gasteiger partial charge in [-0.15, -0.1) is 0 Å². The minimum atomic E-state index is 0.239. The van der Waals surface area contributed by atoms with Gasteiger partial charge in [-0.3, -0.25) is 4.79 Å². The number of rotatable bonds is 2. The monoisotopic (exact) mass is 282 g/mol. The van der Waals surface area contributed by atoms with Crippen LogP contribution in [0.25, 0.3) is 0 Å². The van der Waals surface area contributed by atoms with Crippen LogP contribution in [0.4, 0.5) is 0 Å². The van der Waals surface area contributed by atoms with Gasteiger partial charge in [-0.1, -0.05) is 0 Å². The van der Waals surface area contributed by atoms with Crippen LogP contribution in [-0.2, 0) is 4.79 Å². The zero-order chi connectivity index (χ0) is 9.14. The van der Waals surface area contributed by atoms with Crippen molar-refractivity contribution in [2.75, 3.05) is 20.6 Å². The normalized spacial score (nSPS) is 24.4. The molecule has 1 aliphatic rings. The lowest BCUT2D eigenvalue weighted by atomic mass is 10.1. The van der Waals surface area contributed by atoms with Gasteiger partial charge in [-0.2, -0.15) is 0 Å². The summed E-state index contributed by atoms with van der Waals surface area (Å²) < 4.78 is 2.25. The second-order valence-electron chi connectivity index (χ2n) is 3.41. The third-order valence-corrected chi connectivity index (χ3v) is 3.48. The maximum Gasteiger partial charge on any atom is 0.223 e. The van der Waals surface area contributed by atoms with E-state index in [9.17, 15) is 4.79 Å². The highest BCUT2D eigenvalue weighted by atomic mass is 127. The van der Waals surface area contributed by atoms with Crippen LogP contribution in [0.15, 0.2) is 0 Å². The lowest BCUT2D eigenvalue weighted by Gasteiger charge is -2.18. The van der Waals surface area contributed by atoms with E-state index in [0.717, 1.165) is 6.54 Å².